The smallest absolute Gasteiger partial charge is 0.339 e. The minimum Gasteiger partial charge on any atom is -0.490 e. The number of esters is 1. The Hall–Kier alpha value is -4.13. The summed E-state index contributed by atoms with van der Waals surface area (Å²) in [6, 6.07) is 18.0. The van der Waals surface area contributed by atoms with Crippen molar-refractivity contribution in [3.63, 3.8) is 0 Å². The third kappa shape index (κ3) is 6.43. The molecule has 0 aliphatic carbocycles. The van der Waals surface area contributed by atoms with Gasteiger partial charge in [-0.15, -0.1) is 0 Å². The average molecular weight is 432 g/mol. The molecule has 0 aliphatic heterocycles. The van der Waals surface area contributed by atoms with Gasteiger partial charge in [0.2, 0.25) is 0 Å². The predicted octanol–water partition coefficient (Wildman–Crippen LogP) is 4.45. The number of anilines is 1. The minimum absolute atomic E-state index is 0.138. The van der Waals surface area contributed by atoms with Crippen LogP contribution in [0.5, 0.6) is 11.5 Å². The van der Waals surface area contributed by atoms with E-state index < -0.39 is 5.97 Å². The van der Waals surface area contributed by atoms with Gasteiger partial charge in [-0.25, -0.2) is 4.79 Å². The normalized spacial score (nSPS) is 10.6. The quantitative estimate of drug-likeness (QED) is 0.503. The Morgan fingerprint density at radius 1 is 0.969 bits per heavy atom. The van der Waals surface area contributed by atoms with Gasteiger partial charge in [-0.3, -0.25) is 9.78 Å². The second-order valence-corrected chi connectivity index (χ2v) is 6.64. The molecule has 0 aliphatic rings. The van der Waals surface area contributed by atoms with Gasteiger partial charge in [-0.05, 0) is 55.0 Å². The molecule has 0 bridgehead atoms. The van der Waals surface area contributed by atoms with Gasteiger partial charge in [0, 0.05) is 11.9 Å². The van der Waals surface area contributed by atoms with Crippen molar-refractivity contribution in [2.45, 2.75) is 6.92 Å². The zero-order chi connectivity index (χ0) is 22.8. The van der Waals surface area contributed by atoms with E-state index >= 15 is 0 Å². The van der Waals surface area contributed by atoms with Gasteiger partial charge in [0.25, 0.3) is 5.91 Å². The Balaban J connectivity index is 1.65. The molecule has 2 aromatic carbocycles. The largest absolute Gasteiger partial charge is 0.490 e. The number of para-hydroxylation sites is 1. The van der Waals surface area contributed by atoms with Crippen LogP contribution in [0.15, 0.2) is 66.9 Å². The van der Waals surface area contributed by atoms with E-state index in [9.17, 15) is 9.59 Å². The lowest BCUT2D eigenvalue weighted by Crippen LogP contribution is -2.20. The van der Waals surface area contributed by atoms with E-state index in [2.05, 4.69) is 15.0 Å². The number of nitrogens with one attached hydrogen (secondary N) is 1. The molecule has 3 rings (SSSR count). The highest BCUT2D eigenvalue weighted by Gasteiger charge is 2.09. The molecule has 0 unspecified atom stereocenters. The maximum atomic E-state index is 12.1. The van der Waals surface area contributed by atoms with Crippen molar-refractivity contribution in [3.8, 4) is 11.5 Å². The standard InChI is InChI=1S/C25H24N2O5/c1-3-31-23-15-18(9-12-20-13-11-19(16-26-20)25(29)30-2)10-14-22(23)32-17-24(28)27-21-7-5-4-6-8-21/h4-16H,3,17H2,1-2H3,(H,27,28). The number of carbonyl (C=O) groups is 2. The third-order valence-electron chi connectivity index (χ3n) is 4.34. The molecule has 0 fully saturated rings. The summed E-state index contributed by atoms with van der Waals surface area (Å²) >= 11 is 0. The van der Waals surface area contributed by atoms with E-state index in [-0.39, 0.29) is 12.5 Å². The highest BCUT2D eigenvalue weighted by atomic mass is 16.5. The van der Waals surface area contributed by atoms with Crippen LogP contribution < -0.4 is 14.8 Å². The van der Waals surface area contributed by atoms with Crippen molar-refractivity contribution in [1.29, 1.82) is 0 Å². The Morgan fingerprint density at radius 2 is 1.78 bits per heavy atom. The number of benzene rings is 2. The molecule has 0 atom stereocenters. The monoisotopic (exact) mass is 432 g/mol. The summed E-state index contributed by atoms with van der Waals surface area (Å²) in [5.41, 5.74) is 2.66. The Kier molecular flexibility index (Phi) is 7.97. The summed E-state index contributed by atoms with van der Waals surface area (Å²) in [4.78, 5) is 27.9. The molecule has 7 nitrogen and oxygen atoms in total. The molecule has 164 valence electrons. The number of pyridine rings is 1. The van der Waals surface area contributed by atoms with Gasteiger partial charge in [-0.2, -0.15) is 0 Å². The molecule has 0 spiro atoms. The van der Waals surface area contributed by atoms with Gasteiger partial charge in [0.1, 0.15) is 0 Å². The Labute approximate surface area is 186 Å². The first kappa shape index (κ1) is 22.6. The van der Waals surface area contributed by atoms with Crippen LogP contribution in [-0.4, -0.2) is 37.2 Å². The SMILES string of the molecule is CCOc1cc(C=Cc2ccc(C(=O)OC)cn2)ccc1OCC(=O)Nc1ccccc1. The number of methoxy groups -OCH3 is 1. The molecule has 7 heteroatoms. The van der Waals surface area contributed by atoms with Crippen molar-refractivity contribution in [3.05, 3.63) is 83.7 Å². The van der Waals surface area contributed by atoms with Crippen molar-refractivity contribution in [1.82, 2.24) is 4.98 Å². The fourth-order valence-corrected chi connectivity index (χ4v) is 2.80. The summed E-state index contributed by atoms with van der Waals surface area (Å²) in [5.74, 6) is 0.329. The molecule has 0 radical (unpaired) electrons. The summed E-state index contributed by atoms with van der Waals surface area (Å²) in [6.07, 6.45) is 5.16. The van der Waals surface area contributed by atoms with Gasteiger partial charge in [-0.1, -0.05) is 30.3 Å². The fourth-order valence-electron chi connectivity index (χ4n) is 2.80. The first-order valence-electron chi connectivity index (χ1n) is 10.1. The summed E-state index contributed by atoms with van der Waals surface area (Å²) in [6.45, 7) is 2.19. The van der Waals surface area contributed by atoms with Crippen molar-refractivity contribution >= 4 is 29.7 Å². The number of aromatic nitrogens is 1. The van der Waals surface area contributed by atoms with Gasteiger partial charge in [0.15, 0.2) is 18.1 Å². The first-order chi connectivity index (χ1) is 15.6. The van der Waals surface area contributed by atoms with Crippen LogP contribution in [0.1, 0.15) is 28.5 Å². The number of hydrogen-bond acceptors (Lipinski definition) is 6. The Bertz CT molecular complexity index is 1080. The molecular formula is C25H24N2O5. The second kappa shape index (κ2) is 11.3. The minimum atomic E-state index is -0.428. The number of carbonyl (C=O) groups excluding carboxylic acids is 2. The number of ether oxygens (including phenoxy) is 3. The van der Waals surface area contributed by atoms with Crippen LogP contribution in [0, 0.1) is 0 Å². The van der Waals surface area contributed by atoms with Crippen molar-refractivity contribution in [2.75, 3.05) is 25.6 Å². The lowest BCUT2D eigenvalue weighted by atomic mass is 10.1. The highest BCUT2D eigenvalue weighted by molar-refractivity contribution is 5.92. The topological polar surface area (TPSA) is 86.8 Å². The van der Waals surface area contributed by atoms with Crippen molar-refractivity contribution in [2.24, 2.45) is 0 Å². The molecule has 3 aromatic rings. The second-order valence-electron chi connectivity index (χ2n) is 6.64. The van der Waals surface area contributed by atoms with Crippen LogP contribution in [0.25, 0.3) is 12.2 Å². The molecule has 1 aromatic heterocycles. The molecule has 1 N–H and O–H groups in total. The van der Waals surface area contributed by atoms with Gasteiger partial charge in [0.05, 0.1) is 25.0 Å². The number of rotatable bonds is 9. The molecule has 1 amide bonds. The zero-order valence-electron chi connectivity index (χ0n) is 17.9. The maximum Gasteiger partial charge on any atom is 0.339 e. The first-order valence-corrected chi connectivity index (χ1v) is 10.1. The summed E-state index contributed by atoms with van der Waals surface area (Å²) in [7, 11) is 1.33. The summed E-state index contributed by atoms with van der Waals surface area (Å²) < 4.78 is 16.0. The van der Waals surface area contributed by atoms with E-state index in [1.165, 1.54) is 13.3 Å². The lowest BCUT2D eigenvalue weighted by Gasteiger charge is -2.12. The van der Waals surface area contributed by atoms with Crippen LogP contribution in [0.4, 0.5) is 5.69 Å². The molecule has 1 heterocycles. The third-order valence-corrected chi connectivity index (χ3v) is 4.34. The number of nitrogens with zero attached hydrogens (tertiary/aromatic N) is 1. The zero-order valence-corrected chi connectivity index (χ0v) is 17.9. The van der Waals surface area contributed by atoms with Crippen molar-refractivity contribution < 1.29 is 23.8 Å². The van der Waals surface area contributed by atoms with Crippen LogP contribution in [0.2, 0.25) is 0 Å². The van der Waals surface area contributed by atoms with E-state index in [4.69, 9.17) is 9.47 Å². The number of amides is 1. The van der Waals surface area contributed by atoms with Crippen LogP contribution in [-0.2, 0) is 9.53 Å². The molecule has 0 saturated carbocycles. The molecule has 32 heavy (non-hydrogen) atoms. The van der Waals surface area contributed by atoms with Crippen LogP contribution in [0.3, 0.4) is 0 Å². The number of hydrogen-bond donors (Lipinski definition) is 1. The van der Waals surface area contributed by atoms with Crippen LogP contribution >= 0.6 is 0 Å². The van der Waals surface area contributed by atoms with Gasteiger partial charge < -0.3 is 19.5 Å². The van der Waals surface area contributed by atoms with E-state index in [0.717, 1.165) is 5.56 Å². The maximum absolute atomic E-state index is 12.1. The average Bonchev–Trinajstić information content (AvgIpc) is 2.83. The highest BCUT2D eigenvalue weighted by Crippen LogP contribution is 2.29. The van der Waals surface area contributed by atoms with E-state index in [0.29, 0.717) is 35.1 Å². The molecular weight excluding hydrogens is 408 g/mol. The Morgan fingerprint density at radius 3 is 2.47 bits per heavy atom. The van der Waals surface area contributed by atoms with E-state index in [1.807, 2.05) is 61.5 Å². The predicted molar refractivity (Wildman–Crippen MR) is 123 cm³/mol. The fraction of sp³-hybridized carbons (Fsp3) is 0.160. The van der Waals surface area contributed by atoms with Gasteiger partial charge >= 0.3 is 5.97 Å². The van der Waals surface area contributed by atoms with E-state index in [1.54, 1.807) is 18.2 Å². The lowest BCUT2D eigenvalue weighted by molar-refractivity contribution is -0.118. The molecule has 0 saturated heterocycles. The summed E-state index contributed by atoms with van der Waals surface area (Å²) in [5, 5.41) is 2.78.